The van der Waals surface area contributed by atoms with E-state index in [0.29, 0.717) is 5.02 Å². The van der Waals surface area contributed by atoms with E-state index in [-0.39, 0.29) is 12.1 Å². The fourth-order valence-electron chi connectivity index (χ4n) is 3.13. The molecular formula is C18H21ClN2O. The zero-order valence-corrected chi connectivity index (χ0v) is 13.3. The molecule has 0 bridgehead atoms. The molecule has 3 nitrogen and oxygen atoms in total. The molecule has 2 heterocycles. The van der Waals surface area contributed by atoms with Gasteiger partial charge in [-0.3, -0.25) is 9.88 Å². The molecule has 2 aromatic rings. The summed E-state index contributed by atoms with van der Waals surface area (Å²) in [5, 5.41) is 11.1. The molecule has 1 N–H and O–H groups in total. The Morgan fingerprint density at radius 2 is 2.00 bits per heavy atom. The van der Waals surface area contributed by atoms with E-state index in [1.54, 1.807) is 6.20 Å². The Hall–Kier alpha value is -1.42. The van der Waals surface area contributed by atoms with E-state index >= 15 is 0 Å². The van der Waals surface area contributed by atoms with Crippen LogP contribution in [0.25, 0.3) is 0 Å². The first-order valence-electron chi connectivity index (χ1n) is 7.79. The van der Waals surface area contributed by atoms with Crippen LogP contribution in [-0.2, 0) is 13.0 Å². The van der Waals surface area contributed by atoms with Gasteiger partial charge in [0.2, 0.25) is 0 Å². The second-order valence-electron chi connectivity index (χ2n) is 5.90. The molecule has 4 heteroatoms. The summed E-state index contributed by atoms with van der Waals surface area (Å²) in [5.41, 5.74) is 2.26. The molecule has 1 aliphatic rings. The molecule has 1 aromatic heterocycles. The average Bonchev–Trinajstić information content (AvgIpc) is 2.54. The number of halogens is 1. The molecular weight excluding hydrogens is 296 g/mol. The van der Waals surface area contributed by atoms with Gasteiger partial charge in [-0.2, -0.15) is 0 Å². The van der Waals surface area contributed by atoms with Crippen molar-refractivity contribution in [3.63, 3.8) is 0 Å². The van der Waals surface area contributed by atoms with Crippen molar-refractivity contribution >= 4 is 11.6 Å². The SMILES string of the molecule is O[C@H]1CCCN(Cc2ccc(Cl)cn2)[C@H]1Cc1ccccc1. The van der Waals surface area contributed by atoms with Gasteiger partial charge in [-0.15, -0.1) is 0 Å². The summed E-state index contributed by atoms with van der Waals surface area (Å²) < 4.78 is 0. The maximum Gasteiger partial charge on any atom is 0.0699 e. The predicted molar refractivity (Wildman–Crippen MR) is 88.8 cm³/mol. The summed E-state index contributed by atoms with van der Waals surface area (Å²) in [5.74, 6) is 0. The van der Waals surface area contributed by atoms with Crippen molar-refractivity contribution in [2.75, 3.05) is 6.54 Å². The van der Waals surface area contributed by atoms with Gasteiger partial charge < -0.3 is 5.11 Å². The first-order chi connectivity index (χ1) is 10.7. The first kappa shape index (κ1) is 15.5. The number of benzene rings is 1. The van der Waals surface area contributed by atoms with Crippen LogP contribution >= 0.6 is 11.6 Å². The smallest absolute Gasteiger partial charge is 0.0699 e. The molecule has 0 unspecified atom stereocenters. The number of rotatable bonds is 4. The van der Waals surface area contributed by atoms with Gasteiger partial charge >= 0.3 is 0 Å². The van der Waals surface area contributed by atoms with Gasteiger partial charge in [-0.25, -0.2) is 0 Å². The average molecular weight is 317 g/mol. The lowest BCUT2D eigenvalue weighted by molar-refractivity contribution is 0.00615. The minimum Gasteiger partial charge on any atom is -0.391 e. The monoisotopic (exact) mass is 316 g/mol. The fraction of sp³-hybridized carbons (Fsp3) is 0.389. The van der Waals surface area contributed by atoms with Gasteiger partial charge in [0.1, 0.15) is 0 Å². The summed E-state index contributed by atoms with van der Waals surface area (Å²) >= 11 is 5.90. The third-order valence-corrected chi connectivity index (χ3v) is 4.52. The van der Waals surface area contributed by atoms with Crippen LogP contribution in [0.4, 0.5) is 0 Å². The van der Waals surface area contributed by atoms with Crippen molar-refractivity contribution in [2.45, 2.75) is 38.0 Å². The zero-order valence-electron chi connectivity index (χ0n) is 12.5. The Morgan fingerprint density at radius 3 is 2.73 bits per heavy atom. The standard InChI is InChI=1S/C18H21ClN2O/c19-15-8-9-16(20-12-15)13-21-10-4-7-18(22)17(21)11-14-5-2-1-3-6-14/h1-3,5-6,8-9,12,17-18,22H,4,7,10-11,13H2/t17-,18-/m0/s1. The van der Waals surface area contributed by atoms with Crippen LogP contribution in [0.2, 0.25) is 5.02 Å². The van der Waals surface area contributed by atoms with Gasteiger partial charge in [0, 0.05) is 18.8 Å². The summed E-state index contributed by atoms with van der Waals surface area (Å²) in [6.07, 6.45) is 4.18. The Kier molecular flexibility index (Phi) is 5.08. The molecule has 1 aromatic carbocycles. The van der Waals surface area contributed by atoms with E-state index in [2.05, 4.69) is 34.1 Å². The van der Waals surface area contributed by atoms with Gasteiger partial charge in [0.15, 0.2) is 0 Å². The van der Waals surface area contributed by atoms with Crippen LogP contribution in [0, 0.1) is 0 Å². The van der Waals surface area contributed by atoms with Crippen molar-refractivity contribution in [1.82, 2.24) is 9.88 Å². The van der Waals surface area contributed by atoms with Gasteiger partial charge in [0.05, 0.1) is 16.8 Å². The van der Waals surface area contributed by atoms with Gasteiger partial charge in [-0.05, 0) is 43.5 Å². The number of hydrogen-bond acceptors (Lipinski definition) is 3. The highest BCUT2D eigenvalue weighted by Gasteiger charge is 2.30. The highest BCUT2D eigenvalue weighted by atomic mass is 35.5. The maximum atomic E-state index is 10.4. The molecule has 22 heavy (non-hydrogen) atoms. The second-order valence-corrected chi connectivity index (χ2v) is 6.34. The summed E-state index contributed by atoms with van der Waals surface area (Å²) in [6, 6.07) is 14.4. The Morgan fingerprint density at radius 1 is 1.18 bits per heavy atom. The van der Waals surface area contributed by atoms with Crippen LogP contribution < -0.4 is 0 Å². The molecule has 1 aliphatic heterocycles. The van der Waals surface area contributed by atoms with Crippen molar-refractivity contribution < 1.29 is 5.11 Å². The number of pyridine rings is 1. The lowest BCUT2D eigenvalue weighted by atomic mass is 9.93. The number of aliphatic hydroxyl groups excluding tert-OH is 1. The second kappa shape index (κ2) is 7.23. The van der Waals surface area contributed by atoms with Crippen LogP contribution in [0.5, 0.6) is 0 Å². The number of nitrogens with zero attached hydrogens (tertiary/aromatic N) is 2. The van der Waals surface area contributed by atoms with Gasteiger partial charge in [0.25, 0.3) is 0 Å². The number of hydrogen-bond donors (Lipinski definition) is 1. The molecule has 0 saturated carbocycles. The molecule has 1 saturated heterocycles. The molecule has 116 valence electrons. The molecule has 1 fully saturated rings. The molecule has 0 radical (unpaired) electrons. The van der Waals surface area contributed by atoms with Crippen LogP contribution in [-0.4, -0.2) is 33.7 Å². The Balaban J connectivity index is 1.73. The number of aliphatic hydroxyl groups is 1. The summed E-state index contributed by atoms with van der Waals surface area (Å²) in [4.78, 5) is 6.73. The highest BCUT2D eigenvalue weighted by Crippen LogP contribution is 2.23. The molecule has 0 amide bonds. The van der Waals surface area contributed by atoms with Crippen LogP contribution in [0.15, 0.2) is 48.7 Å². The van der Waals surface area contributed by atoms with Crippen molar-refractivity contribution in [3.8, 4) is 0 Å². The number of aromatic nitrogens is 1. The Bertz CT molecular complexity index is 588. The van der Waals surface area contributed by atoms with E-state index < -0.39 is 0 Å². The van der Waals surface area contributed by atoms with E-state index in [4.69, 9.17) is 11.6 Å². The maximum absolute atomic E-state index is 10.4. The van der Waals surface area contributed by atoms with E-state index in [0.717, 1.165) is 38.0 Å². The fourth-order valence-corrected chi connectivity index (χ4v) is 3.24. The van der Waals surface area contributed by atoms with E-state index in [9.17, 15) is 5.11 Å². The minimum atomic E-state index is -0.277. The van der Waals surface area contributed by atoms with Crippen LogP contribution in [0.3, 0.4) is 0 Å². The summed E-state index contributed by atoms with van der Waals surface area (Å²) in [7, 11) is 0. The van der Waals surface area contributed by atoms with E-state index in [1.807, 2.05) is 18.2 Å². The number of likely N-dealkylation sites (tertiary alicyclic amines) is 1. The largest absolute Gasteiger partial charge is 0.391 e. The third kappa shape index (κ3) is 3.86. The molecule has 0 spiro atoms. The predicted octanol–water partition coefficient (Wildman–Crippen LogP) is 3.30. The lowest BCUT2D eigenvalue weighted by Crippen LogP contribution is -2.49. The lowest BCUT2D eigenvalue weighted by Gasteiger charge is -2.39. The van der Waals surface area contributed by atoms with E-state index in [1.165, 1.54) is 5.56 Å². The van der Waals surface area contributed by atoms with Gasteiger partial charge in [-0.1, -0.05) is 41.9 Å². The molecule has 0 aliphatic carbocycles. The zero-order chi connectivity index (χ0) is 15.4. The first-order valence-corrected chi connectivity index (χ1v) is 8.16. The summed E-state index contributed by atoms with van der Waals surface area (Å²) in [6.45, 7) is 1.75. The Labute approximate surface area is 136 Å². The minimum absolute atomic E-state index is 0.147. The topological polar surface area (TPSA) is 36.4 Å². The van der Waals surface area contributed by atoms with Crippen molar-refractivity contribution in [1.29, 1.82) is 0 Å². The molecule has 3 rings (SSSR count). The quantitative estimate of drug-likeness (QED) is 0.940. The van der Waals surface area contributed by atoms with Crippen molar-refractivity contribution in [3.05, 3.63) is 64.9 Å². The number of piperidine rings is 1. The third-order valence-electron chi connectivity index (χ3n) is 4.30. The highest BCUT2D eigenvalue weighted by molar-refractivity contribution is 6.30. The van der Waals surface area contributed by atoms with Crippen LogP contribution in [0.1, 0.15) is 24.1 Å². The normalized spacial score (nSPS) is 22.6. The molecule has 2 atom stereocenters. The van der Waals surface area contributed by atoms with Crippen molar-refractivity contribution in [2.24, 2.45) is 0 Å².